The Morgan fingerprint density at radius 2 is 1.64 bits per heavy atom. The van der Waals surface area contributed by atoms with Gasteiger partial charge in [-0.3, -0.25) is 10.1 Å². The zero-order chi connectivity index (χ0) is 17.8. The minimum absolute atomic E-state index is 0.0935. The van der Waals surface area contributed by atoms with Crippen molar-refractivity contribution >= 4 is 17.1 Å². The molecule has 0 bridgehead atoms. The highest BCUT2D eigenvalue weighted by Crippen LogP contribution is 2.37. The third-order valence-electron chi connectivity index (χ3n) is 3.49. The Balaban J connectivity index is 2.01. The van der Waals surface area contributed by atoms with Crippen LogP contribution in [0.4, 0.5) is 17.1 Å². The first-order chi connectivity index (χ1) is 12.0. The van der Waals surface area contributed by atoms with Gasteiger partial charge in [0.15, 0.2) is 5.69 Å². The Bertz CT molecular complexity index is 956. The molecule has 3 rings (SSSR count). The van der Waals surface area contributed by atoms with Gasteiger partial charge in [-0.25, -0.2) is 0 Å². The molecule has 0 aliphatic heterocycles. The maximum absolute atomic E-state index is 11.4. The van der Waals surface area contributed by atoms with Gasteiger partial charge in [-0.2, -0.15) is 5.11 Å². The van der Waals surface area contributed by atoms with Crippen molar-refractivity contribution in [3.8, 4) is 22.6 Å². The molecular formula is C18H13N3O4. The fourth-order valence-corrected chi connectivity index (χ4v) is 2.29. The van der Waals surface area contributed by atoms with Crippen LogP contribution in [0.3, 0.4) is 0 Å². The van der Waals surface area contributed by atoms with Crippen LogP contribution in [-0.4, -0.2) is 15.1 Å². The number of aromatic hydroxyl groups is 2. The van der Waals surface area contributed by atoms with Crippen LogP contribution in [0.25, 0.3) is 11.1 Å². The Morgan fingerprint density at radius 1 is 0.880 bits per heavy atom. The summed E-state index contributed by atoms with van der Waals surface area (Å²) >= 11 is 0. The average molecular weight is 335 g/mol. The molecule has 0 spiro atoms. The molecule has 7 nitrogen and oxygen atoms in total. The maximum Gasteiger partial charge on any atom is 0.297 e. The van der Waals surface area contributed by atoms with Gasteiger partial charge in [0.05, 0.1) is 10.6 Å². The van der Waals surface area contributed by atoms with Crippen LogP contribution in [-0.2, 0) is 0 Å². The Hall–Kier alpha value is -3.74. The van der Waals surface area contributed by atoms with Crippen LogP contribution in [0.2, 0.25) is 0 Å². The van der Waals surface area contributed by atoms with E-state index >= 15 is 0 Å². The topological polar surface area (TPSA) is 108 Å². The lowest BCUT2D eigenvalue weighted by molar-refractivity contribution is -0.384. The van der Waals surface area contributed by atoms with Crippen LogP contribution in [0, 0.1) is 10.1 Å². The number of hydrogen-bond acceptors (Lipinski definition) is 6. The predicted octanol–water partition coefficient (Wildman–Crippen LogP) is 5.09. The van der Waals surface area contributed by atoms with Crippen molar-refractivity contribution in [3.63, 3.8) is 0 Å². The van der Waals surface area contributed by atoms with Gasteiger partial charge < -0.3 is 10.2 Å². The molecule has 0 fully saturated rings. The number of phenols is 2. The number of rotatable bonds is 4. The van der Waals surface area contributed by atoms with Gasteiger partial charge in [0.25, 0.3) is 5.69 Å². The normalized spacial score (nSPS) is 10.9. The molecule has 0 aliphatic rings. The second kappa shape index (κ2) is 6.79. The van der Waals surface area contributed by atoms with E-state index in [-0.39, 0.29) is 22.9 Å². The highest BCUT2D eigenvalue weighted by Gasteiger charge is 2.16. The highest BCUT2D eigenvalue weighted by molar-refractivity contribution is 5.76. The van der Waals surface area contributed by atoms with E-state index < -0.39 is 4.92 Å². The van der Waals surface area contributed by atoms with Gasteiger partial charge in [0.2, 0.25) is 0 Å². The first-order valence-electron chi connectivity index (χ1n) is 7.32. The molecule has 0 saturated heterocycles. The number of nitro benzene ring substituents is 1. The molecule has 0 aromatic heterocycles. The van der Waals surface area contributed by atoms with E-state index in [1.54, 1.807) is 30.3 Å². The molecule has 124 valence electrons. The minimum Gasteiger partial charge on any atom is -0.508 e. The first kappa shape index (κ1) is 16.1. The Labute approximate surface area is 142 Å². The van der Waals surface area contributed by atoms with E-state index in [0.29, 0.717) is 16.8 Å². The Kier molecular flexibility index (Phi) is 4.38. The SMILES string of the molecule is O=[N+]([O-])c1cc(-c2ccc(O)cc2O)ccc1N=Nc1ccccc1. The fourth-order valence-electron chi connectivity index (χ4n) is 2.29. The molecule has 0 heterocycles. The summed E-state index contributed by atoms with van der Waals surface area (Å²) in [5, 5.41) is 38.6. The minimum atomic E-state index is -0.555. The molecule has 0 atom stereocenters. The van der Waals surface area contributed by atoms with Crippen molar-refractivity contribution in [2.24, 2.45) is 10.2 Å². The number of nitro groups is 1. The second-order valence-corrected chi connectivity index (χ2v) is 5.20. The van der Waals surface area contributed by atoms with E-state index in [4.69, 9.17) is 0 Å². The first-order valence-corrected chi connectivity index (χ1v) is 7.32. The highest BCUT2D eigenvalue weighted by atomic mass is 16.6. The lowest BCUT2D eigenvalue weighted by Crippen LogP contribution is -1.90. The van der Waals surface area contributed by atoms with Crippen LogP contribution in [0.1, 0.15) is 0 Å². The quantitative estimate of drug-likeness (QED) is 0.393. The van der Waals surface area contributed by atoms with Gasteiger partial charge in [-0.15, -0.1) is 5.11 Å². The third kappa shape index (κ3) is 3.61. The third-order valence-corrected chi connectivity index (χ3v) is 3.49. The van der Waals surface area contributed by atoms with Crippen molar-refractivity contribution in [3.05, 3.63) is 76.8 Å². The molecule has 0 unspecified atom stereocenters. The lowest BCUT2D eigenvalue weighted by Gasteiger charge is -2.06. The van der Waals surface area contributed by atoms with Crippen LogP contribution >= 0.6 is 0 Å². The fraction of sp³-hybridized carbons (Fsp3) is 0. The van der Waals surface area contributed by atoms with Crippen molar-refractivity contribution in [1.29, 1.82) is 0 Å². The Morgan fingerprint density at radius 3 is 2.32 bits per heavy atom. The van der Waals surface area contributed by atoms with Crippen LogP contribution in [0.5, 0.6) is 11.5 Å². The molecular weight excluding hydrogens is 322 g/mol. The maximum atomic E-state index is 11.4. The number of hydrogen-bond donors (Lipinski definition) is 2. The smallest absolute Gasteiger partial charge is 0.297 e. The van der Waals surface area contributed by atoms with Crippen LogP contribution in [0.15, 0.2) is 77.0 Å². The molecule has 0 amide bonds. The van der Waals surface area contributed by atoms with Crippen molar-refractivity contribution in [2.45, 2.75) is 0 Å². The number of azo groups is 1. The molecule has 2 N–H and O–H groups in total. The number of phenolic OH excluding ortho intramolecular Hbond substituents is 2. The predicted molar refractivity (Wildman–Crippen MR) is 92.5 cm³/mol. The van der Waals surface area contributed by atoms with Gasteiger partial charge in [-0.05, 0) is 35.9 Å². The summed E-state index contributed by atoms with van der Waals surface area (Å²) in [5.41, 5.74) is 1.26. The van der Waals surface area contributed by atoms with E-state index in [9.17, 15) is 20.3 Å². The number of nitrogens with zero attached hydrogens (tertiary/aromatic N) is 3. The lowest BCUT2D eigenvalue weighted by atomic mass is 10.0. The summed E-state index contributed by atoms with van der Waals surface area (Å²) < 4.78 is 0. The van der Waals surface area contributed by atoms with Crippen molar-refractivity contribution in [2.75, 3.05) is 0 Å². The van der Waals surface area contributed by atoms with E-state index in [1.165, 1.54) is 30.3 Å². The zero-order valence-electron chi connectivity index (χ0n) is 12.9. The molecule has 25 heavy (non-hydrogen) atoms. The van der Waals surface area contributed by atoms with Crippen LogP contribution < -0.4 is 0 Å². The summed E-state index contributed by atoms with van der Waals surface area (Å²) in [6.45, 7) is 0. The van der Waals surface area contributed by atoms with Crippen molar-refractivity contribution in [1.82, 2.24) is 0 Å². The summed E-state index contributed by atoms with van der Waals surface area (Å²) in [6.07, 6.45) is 0. The standard InChI is InChI=1S/C18H13N3O4/c22-14-7-8-15(18(23)11-14)12-6-9-16(17(10-12)21(24)25)20-19-13-4-2-1-3-5-13/h1-11,22-23H. The average Bonchev–Trinajstić information content (AvgIpc) is 2.61. The van der Waals surface area contributed by atoms with E-state index in [2.05, 4.69) is 10.2 Å². The van der Waals surface area contributed by atoms with Gasteiger partial charge in [0.1, 0.15) is 11.5 Å². The summed E-state index contributed by atoms with van der Waals surface area (Å²) in [6, 6.07) is 17.3. The van der Waals surface area contributed by atoms with Gasteiger partial charge in [0, 0.05) is 17.7 Å². The monoisotopic (exact) mass is 335 g/mol. The molecule has 0 aliphatic carbocycles. The van der Waals surface area contributed by atoms with Crippen molar-refractivity contribution < 1.29 is 15.1 Å². The number of benzene rings is 3. The van der Waals surface area contributed by atoms with E-state index in [0.717, 1.165) is 0 Å². The molecule has 3 aromatic carbocycles. The second-order valence-electron chi connectivity index (χ2n) is 5.20. The molecule has 7 heteroatoms. The summed E-state index contributed by atoms with van der Waals surface area (Å²) in [4.78, 5) is 10.8. The molecule has 0 radical (unpaired) electrons. The van der Waals surface area contributed by atoms with E-state index in [1.807, 2.05) is 6.07 Å². The summed E-state index contributed by atoms with van der Waals surface area (Å²) in [7, 11) is 0. The molecule has 3 aromatic rings. The van der Waals surface area contributed by atoms with Gasteiger partial charge in [-0.1, -0.05) is 24.3 Å². The summed E-state index contributed by atoms with van der Waals surface area (Å²) in [5.74, 6) is -0.267. The largest absolute Gasteiger partial charge is 0.508 e. The molecule has 0 saturated carbocycles. The zero-order valence-corrected chi connectivity index (χ0v) is 12.9. The van der Waals surface area contributed by atoms with Gasteiger partial charge >= 0.3 is 0 Å².